The van der Waals surface area contributed by atoms with Crippen LogP contribution in [-0.4, -0.2) is 28.1 Å². The van der Waals surface area contributed by atoms with E-state index in [4.69, 9.17) is 5.84 Å². The predicted molar refractivity (Wildman–Crippen MR) is 72.9 cm³/mol. The Balaban J connectivity index is 2.07. The van der Waals surface area contributed by atoms with E-state index in [0.29, 0.717) is 5.82 Å². The van der Waals surface area contributed by atoms with Crippen LogP contribution in [0.5, 0.6) is 0 Å². The van der Waals surface area contributed by atoms with Crippen molar-refractivity contribution in [2.45, 2.75) is 39.0 Å². The number of nitrogens with zero attached hydrogens (tertiary/aromatic N) is 3. The third kappa shape index (κ3) is 3.54. The summed E-state index contributed by atoms with van der Waals surface area (Å²) in [5.74, 6) is 7.74. The molecule has 1 aliphatic heterocycles. The van der Waals surface area contributed by atoms with Gasteiger partial charge in [0.05, 0.1) is 0 Å². The van der Waals surface area contributed by atoms with Crippen molar-refractivity contribution in [3.8, 4) is 0 Å². The van der Waals surface area contributed by atoms with Crippen molar-refractivity contribution in [2.75, 3.05) is 23.9 Å². The molecule has 0 aromatic carbocycles. The van der Waals surface area contributed by atoms with E-state index in [9.17, 15) is 0 Å². The van der Waals surface area contributed by atoms with E-state index in [0.717, 1.165) is 37.6 Å². The average molecular weight is 250 g/mol. The van der Waals surface area contributed by atoms with Crippen molar-refractivity contribution in [3.63, 3.8) is 0 Å². The molecule has 6 heteroatoms. The van der Waals surface area contributed by atoms with Gasteiger partial charge in [-0.05, 0) is 19.3 Å². The Bertz CT molecular complexity index is 375. The molecule has 0 unspecified atom stereocenters. The molecule has 0 spiro atoms. The SMILES string of the molecule is CCCc1nc(NN)cc(NN2CCCCC2)n1. The lowest BCUT2D eigenvalue weighted by atomic mass is 10.2. The maximum absolute atomic E-state index is 5.44. The molecule has 6 nitrogen and oxygen atoms in total. The lowest BCUT2D eigenvalue weighted by Gasteiger charge is -2.27. The third-order valence-corrected chi connectivity index (χ3v) is 3.02. The van der Waals surface area contributed by atoms with E-state index in [-0.39, 0.29) is 0 Å². The van der Waals surface area contributed by atoms with Crippen LogP contribution < -0.4 is 16.7 Å². The Labute approximate surface area is 108 Å². The van der Waals surface area contributed by atoms with Crippen LogP contribution >= 0.6 is 0 Å². The standard InChI is InChI=1S/C12H22N6/c1-2-6-10-14-11(16-13)9-12(15-10)17-18-7-4-3-5-8-18/h9H,2-8,13H2,1H3,(H2,14,15,16,17). The molecular formula is C12H22N6. The van der Waals surface area contributed by atoms with Gasteiger partial charge in [0.2, 0.25) is 0 Å². The number of piperidine rings is 1. The van der Waals surface area contributed by atoms with Gasteiger partial charge in [-0.15, -0.1) is 0 Å². The molecule has 100 valence electrons. The van der Waals surface area contributed by atoms with Crippen molar-refractivity contribution in [2.24, 2.45) is 5.84 Å². The number of anilines is 2. The van der Waals surface area contributed by atoms with E-state index >= 15 is 0 Å². The normalized spacial score (nSPS) is 16.6. The van der Waals surface area contributed by atoms with Crippen LogP contribution in [-0.2, 0) is 6.42 Å². The van der Waals surface area contributed by atoms with Crippen LogP contribution in [0.25, 0.3) is 0 Å². The number of nitrogen functional groups attached to an aromatic ring is 1. The summed E-state index contributed by atoms with van der Waals surface area (Å²) in [5, 5.41) is 2.21. The molecule has 1 saturated heterocycles. The van der Waals surface area contributed by atoms with Gasteiger partial charge in [0, 0.05) is 25.6 Å². The fourth-order valence-electron chi connectivity index (χ4n) is 2.13. The van der Waals surface area contributed by atoms with Crippen molar-refractivity contribution < 1.29 is 0 Å². The van der Waals surface area contributed by atoms with Crippen LogP contribution in [0.3, 0.4) is 0 Å². The minimum Gasteiger partial charge on any atom is -0.308 e. The molecule has 2 rings (SSSR count). The molecule has 1 aromatic rings. The van der Waals surface area contributed by atoms with Gasteiger partial charge in [0.1, 0.15) is 17.5 Å². The zero-order valence-electron chi connectivity index (χ0n) is 10.9. The summed E-state index contributed by atoms with van der Waals surface area (Å²) in [5.41, 5.74) is 5.93. The smallest absolute Gasteiger partial charge is 0.146 e. The van der Waals surface area contributed by atoms with Crippen LogP contribution in [0.2, 0.25) is 0 Å². The van der Waals surface area contributed by atoms with Gasteiger partial charge in [0.15, 0.2) is 0 Å². The molecule has 1 aliphatic rings. The van der Waals surface area contributed by atoms with Gasteiger partial charge in [-0.1, -0.05) is 13.3 Å². The van der Waals surface area contributed by atoms with Crippen LogP contribution in [0.4, 0.5) is 11.6 Å². The minimum atomic E-state index is 0.660. The molecule has 0 bridgehead atoms. The molecule has 0 saturated carbocycles. The van der Waals surface area contributed by atoms with Gasteiger partial charge >= 0.3 is 0 Å². The monoisotopic (exact) mass is 250 g/mol. The van der Waals surface area contributed by atoms with Gasteiger partial charge in [0.25, 0.3) is 0 Å². The quantitative estimate of drug-likeness (QED) is 0.543. The largest absolute Gasteiger partial charge is 0.308 e. The molecule has 2 heterocycles. The lowest BCUT2D eigenvalue weighted by Crippen LogP contribution is -2.35. The van der Waals surface area contributed by atoms with E-state index in [2.05, 4.69) is 32.8 Å². The summed E-state index contributed by atoms with van der Waals surface area (Å²) in [6.07, 6.45) is 5.68. The van der Waals surface area contributed by atoms with E-state index in [1.165, 1.54) is 19.3 Å². The number of hydrogen-bond donors (Lipinski definition) is 3. The third-order valence-electron chi connectivity index (χ3n) is 3.02. The summed E-state index contributed by atoms with van der Waals surface area (Å²) in [7, 11) is 0. The highest BCUT2D eigenvalue weighted by molar-refractivity contribution is 5.46. The second-order valence-corrected chi connectivity index (χ2v) is 4.61. The molecule has 0 radical (unpaired) electrons. The minimum absolute atomic E-state index is 0.660. The van der Waals surface area contributed by atoms with E-state index in [1.807, 2.05) is 6.07 Å². The van der Waals surface area contributed by atoms with Crippen molar-refractivity contribution in [1.82, 2.24) is 15.0 Å². The number of rotatable bonds is 5. The highest BCUT2D eigenvalue weighted by Crippen LogP contribution is 2.15. The fourth-order valence-corrected chi connectivity index (χ4v) is 2.13. The number of hydrazine groups is 2. The molecular weight excluding hydrogens is 228 g/mol. The Kier molecular flexibility index (Phi) is 4.72. The summed E-state index contributed by atoms with van der Waals surface area (Å²) in [6, 6.07) is 1.84. The Hall–Kier alpha value is -1.40. The maximum atomic E-state index is 5.44. The molecule has 1 fully saturated rings. The first-order chi connectivity index (χ1) is 8.81. The second kappa shape index (κ2) is 6.51. The molecule has 0 atom stereocenters. The molecule has 0 amide bonds. The molecule has 0 aliphatic carbocycles. The highest BCUT2D eigenvalue weighted by Gasteiger charge is 2.11. The number of nitrogens with one attached hydrogen (secondary N) is 2. The maximum Gasteiger partial charge on any atom is 0.146 e. The Morgan fingerprint density at radius 2 is 1.94 bits per heavy atom. The molecule has 18 heavy (non-hydrogen) atoms. The second-order valence-electron chi connectivity index (χ2n) is 4.61. The van der Waals surface area contributed by atoms with Gasteiger partial charge in [-0.2, -0.15) is 0 Å². The summed E-state index contributed by atoms with van der Waals surface area (Å²) < 4.78 is 0. The van der Waals surface area contributed by atoms with Gasteiger partial charge in [-0.25, -0.2) is 20.8 Å². The van der Waals surface area contributed by atoms with Crippen molar-refractivity contribution in [1.29, 1.82) is 0 Å². The van der Waals surface area contributed by atoms with Crippen LogP contribution in [0, 0.1) is 0 Å². The number of nitrogens with two attached hydrogens (primary N) is 1. The predicted octanol–water partition coefficient (Wildman–Crippen LogP) is 1.53. The van der Waals surface area contributed by atoms with Crippen LogP contribution in [0.1, 0.15) is 38.4 Å². The van der Waals surface area contributed by atoms with Gasteiger partial charge in [-0.3, -0.25) is 0 Å². The van der Waals surface area contributed by atoms with Crippen molar-refractivity contribution in [3.05, 3.63) is 11.9 Å². The molecule has 1 aromatic heterocycles. The number of aromatic nitrogens is 2. The Morgan fingerprint density at radius 3 is 2.61 bits per heavy atom. The summed E-state index contributed by atoms with van der Waals surface area (Å²) >= 11 is 0. The first-order valence-corrected chi connectivity index (χ1v) is 6.68. The number of aryl methyl sites for hydroxylation is 1. The average Bonchev–Trinajstić information content (AvgIpc) is 2.40. The first-order valence-electron chi connectivity index (χ1n) is 6.68. The van der Waals surface area contributed by atoms with Crippen LogP contribution in [0.15, 0.2) is 6.07 Å². The summed E-state index contributed by atoms with van der Waals surface area (Å²) in [4.78, 5) is 8.83. The van der Waals surface area contributed by atoms with Crippen molar-refractivity contribution >= 4 is 11.6 Å². The van der Waals surface area contributed by atoms with E-state index in [1.54, 1.807) is 0 Å². The molecule has 4 N–H and O–H groups in total. The highest BCUT2D eigenvalue weighted by atomic mass is 15.5. The lowest BCUT2D eigenvalue weighted by molar-refractivity contribution is 0.272. The zero-order chi connectivity index (χ0) is 12.8. The first kappa shape index (κ1) is 13.0. The number of hydrogen-bond acceptors (Lipinski definition) is 6. The van der Waals surface area contributed by atoms with E-state index < -0.39 is 0 Å². The van der Waals surface area contributed by atoms with Gasteiger partial charge < -0.3 is 10.9 Å². The summed E-state index contributed by atoms with van der Waals surface area (Å²) in [6.45, 7) is 4.25. The zero-order valence-corrected chi connectivity index (χ0v) is 10.9. The fraction of sp³-hybridized carbons (Fsp3) is 0.667. The topological polar surface area (TPSA) is 79.1 Å². The Morgan fingerprint density at radius 1 is 1.22 bits per heavy atom.